The molecule has 0 unspecified atom stereocenters. The summed E-state index contributed by atoms with van der Waals surface area (Å²) in [6.07, 6.45) is 0. The minimum absolute atomic E-state index is 1.03. The van der Waals surface area contributed by atoms with Crippen molar-refractivity contribution in [3.63, 3.8) is 0 Å². The second-order valence-corrected chi connectivity index (χ2v) is 8.38. The van der Waals surface area contributed by atoms with Crippen molar-refractivity contribution in [1.82, 2.24) is 0 Å². The molecule has 1 rings (SSSR count). The molecule has 10 heavy (non-hydrogen) atoms. The zero-order valence-corrected chi connectivity index (χ0v) is 8.37. The first-order valence-corrected chi connectivity index (χ1v) is 7.64. The van der Waals surface area contributed by atoms with Crippen LogP contribution in [0.1, 0.15) is 0 Å². The van der Waals surface area contributed by atoms with Gasteiger partial charge in [-0.25, -0.2) is 0 Å². The molecule has 0 saturated carbocycles. The third-order valence-electron chi connectivity index (χ3n) is 0.919. The summed E-state index contributed by atoms with van der Waals surface area (Å²) in [6, 6.07) is 2.02. The van der Waals surface area contributed by atoms with Gasteiger partial charge in [0.2, 0.25) is 8.32 Å². The van der Waals surface area contributed by atoms with E-state index in [-0.39, 0.29) is 0 Å². The first-order chi connectivity index (χ1) is 4.58. The summed E-state index contributed by atoms with van der Waals surface area (Å²) in [5.74, 6) is 1.03. The summed E-state index contributed by atoms with van der Waals surface area (Å²) in [4.78, 5) is 0. The molecular formula is C7H12OSSi. The first-order valence-electron chi connectivity index (χ1n) is 3.29. The van der Waals surface area contributed by atoms with Crippen molar-refractivity contribution in [3.8, 4) is 5.75 Å². The monoisotopic (exact) mass is 172 g/mol. The summed E-state index contributed by atoms with van der Waals surface area (Å²) in [5, 5.41) is 4.08. The van der Waals surface area contributed by atoms with Crippen molar-refractivity contribution in [2.45, 2.75) is 19.6 Å². The van der Waals surface area contributed by atoms with Crippen LogP contribution in [0, 0.1) is 0 Å². The Hall–Kier alpha value is -0.283. The lowest BCUT2D eigenvalue weighted by molar-refractivity contribution is 0.560. The Morgan fingerprint density at radius 3 is 2.50 bits per heavy atom. The summed E-state index contributed by atoms with van der Waals surface area (Å²) in [6.45, 7) is 6.56. The molecule has 0 aliphatic heterocycles. The third-order valence-corrected chi connectivity index (χ3v) is 2.43. The highest BCUT2D eigenvalue weighted by molar-refractivity contribution is 7.08. The topological polar surface area (TPSA) is 9.23 Å². The molecular weight excluding hydrogens is 160 g/mol. The van der Waals surface area contributed by atoms with Crippen molar-refractivity contribution >= 4 is 19.7 Å². The van der Waals surface area contributed by atoms with E-state index in [1.54, 1.807) is 11.3 Å². The lowest BCUT2D eigenvalue weighted by Crippen LogP contribution is -2.28. The normalized spacial score (nSPS) is 11.5. The molecule has 1 nitrogen and oxygen atoms in total. The van der Waals surface area contributed by atoms with Gasteiger partial charge >= 0.3 is 0 Å². The molecule has 0 spiro atoms. The lowest BCUT2D eigenvalue weighted by Gasteiger charge is -2.17. The molecule has 1 aromatic rings. The Kier molecular flexibility index (Phi) is 2.16. The SMILES string of the molecule is C[Si](C)(C)Oc1ccsc1. The van der Waals surface area contributed by atoms with Gasteiger partial charge in [-0.1, -0.05) is 0 Å². The molecule has 0 aliphatic rings. The van der Waals surface area contributed by atoms with Gasteiger partial charge in [0.05, 0.1) is 0 Å². The highest BCUT2D eigenvalue weighted by Crippen LogP contribution is 2.18. The van der Waals surface area contributed by atoms with Crippen molar-refractivity contribution in [2.24, 2.45) is 0 Å². The quantitative estimate of drug-likeness (QED) is 0.623. The fourth-order valence-electron chi connectivity index (χ4n) is 0.664. The largest absolute Gasteiger partial charge is 0.544 e. The van der Waals surface area contributed by atoms with Gasteiger partial charge in [-0.3, -0.25) is 0 Å². The Bertz CT molecular complexity index is 188. The van der Waals surface area contributed by atoms with Gasteiger partial charge in [-0.2, -0.15) is 0 Å². The molecule has 0 N–H and O–H groups in total. The zero-order valence-electron chi connectivity index (χ0n) is 6.55. The van der Waals surface area contributed by atoms with Crippen LogP contribution in [-0.4, -0.2) is 8.32 Å². The Morgan fingerprint density at radius 1 is 1.40 bits per heavy atom. The van der Waals surface area contributed by atoms with E-state index in [0.29, 0.717) is 0 Å². The van der Waals surface area contributed by atoms with Gasteiger partial charge in [0, 0.05) is 5.38 Å². The zero-order chi connectivity index (χ0) is 7.61. The van der Waals surface area contributed by atoms with Gasteiger partial charge < -0.3 is 4.43 Å². The van der Waals surface area contributed by atoms with Crippen LogP contribution in [0.5, 0.6) is 5.75 Å². The van der Waals surface area contributed by atoms with Crippen LogP contribution < -0.4 is 4.43 Å². The number of rotatable bonds is 2. The highest BCUT2D eigenvalue weighted by atomic mass is 32.1. The third kappa shape index (κ3) is 2.54. The van der Waals surface area contributed by atoms with E-state index in [1.807, 2.05) is 16.8 Å². The molecule has 0 aromatic carbocycles. The van der Waals surface area contributed by atoms with Crippen molar-refractivity contribution in [1.29, 1.82) is 0 Å². The summed E-state index contributed by atoms with van der Waals surface area (Å²) in [5.41, 5.74) is 0. The molecule has 1 aromatic heterocycles. The maximum Gasteiger partial charge on any atom is 0.242 e. The number of hydrogen-bond donors (Lipinski definition) is 0. The summed E-state index contributed by atoms with van der Waals surface area (Å²) < 4.78 is 5.69. The minimum Gasteiger partial charge on any atom is -0.544 e. The van der Waals surface area contributed by atoms with E-state index >= 15 is 0 Å². The molecule has 0 amide bonds. The average molecular weight is 172 g/mol. The maximum absolute atomic E-state index is 5.69. The van der Waals surface area contributed by atoms with Crippen LogP contribution in [-0.2, 0) is 0 Å². The van der Waals surface area contributed by atoms with Crippen LogP contribution >= 0.6 is 11.3 Å². The standard InChI is InChI=1S/C7H12OSSi/c1-10(2,3)8-7-4-5-9-6-7/h4-6H,1-3H3. The molecule has 0 atom stereocenters. The minimum atomic E-state index is -1.36. The van der Waals surface area contributed by atoms with Crippen molar-refractivity contribution in [3.05, 3.63) is 16.8 Å². The Labute approximate surface area is 66.8 Å². The maximum atomic E-state index is 5.69. The molecule has 0 saturated heterocycles. The fourth-order valence-corrected chi connectivity index (χ4v) is 2.14. The number of hydrogen-bond acceptors (Lipinski definition) is 2. The van der Waals surface area contributed by atoms with Crippen LogP contribution in [0.3, 0.4) is 0 Å². The Balaban J connectivity index is 2.57. The molecule has 1 heterocycles. The van der Waals surface area contributed by atoms with Gasteiger partial charge in [-0.05, 0) is 31.1 Å². The van der Waals surface area contributed by atoms with E-state index in [2.05, 4.69) is 19.6 Å². The van der Waals surface area contributed by atoms with E-state index < -0.39 is 8.32 Å². The summed E-state index contributed by atoms with van der Waals surface area (Å²) in [7, 11) is -1.36. The molecule has 0 radical (unpaired) electrons. The molecule has 3 heteroatoms. The molecule has 56 valence electrons. The van der Waals surface area contributed by atoms with Crippen LogP contribution in [0.2, 0.25) is 19.6 Å². The Morgan fingerprint density at radius 2 is 2.10 bits per heavy atom. The molecule has 0 aliphatic carbocycles. The van der Waals surface area contributed by atoms with Crippen LogP contribution in [0.25, 0.3) is 0 Å². The van der Waals surface area contributed by atoms with E-state index in [9.17, 15) is 0 Å². The van der Waals surface area contributed by atoms with Crippen molar-refractivity contribution < 1.29 is 4.43 Å². The smallest absolute Gasteiger partial charge is 0.242 e. The van der Waals surface area contributed by atoms with E-state index in [4.69, 9.17) is 4.43 Å². The van der Waals surface area contributed by atoms with E-state index in [1.165, 1.54) is 0 Å². The van der Waals surface area contributed by atoms with Crippen LogP contribution in [0.4, 0.5) is 0 Å². The van der Waals surface area contributed by atoms with Gasteiger partial charge in [0.1, 0.15) is 5.75 Å². The van der Waals surface area contributed by atoms with Gasteiger partial charge in [0.25, 0.3) is 0 Å². The number of thiophene rings is 1. The second-order valence-electron chi connectivity index (χ2n) is 3.17. The van der Waals surface area contributed by atoms with E-state index in [0.717, 1.165) is 5.75 Å². The van der Waals surface area contributed by atoms with Crippen LogP contribution in [0.15, 0.2) is 16.8 Å². The van der Waals surface area contributed by atoms with Gasteiger partial charge in [0.15, 0.2) is 0 Å². The fraction of sp³-hybridized carbons (Fsp3) is 0.429. The van der Waals surface area contributed by atoms with Crippen molar-refractivity contribution in [2.75, 3.05) is 0 Å². The average Bonchev–Trinajstić information content (AvgIpc) is 2.12. The molecule has 0 fully saturated rings. The first kappa shape index (κ1) is 7.82. The predicted octanol–water partition coefficient (Wildman–Crippen LogP) is 2.96. The predicted molar refractivity (Wildman–Crippen MR) is 48.3 cm³/mol. The summed E-state index contributed by atoms with van der Waals surface area (Å²) >= 11 is 1.68. The van der Waals surface area contributed by atoms with Gasteiger partial charge in [-0.15, -0.1) is 11.3 Å². The second kappa shape index (κ2) is 2.76. The lowest BCUT2D eigenvalue weighted by atomic mass is 10.6. The molecule has 0 bridgehead atoms. The highest BCUT2D eigenvalue weighted by Gasteiger charge is 2.15.